The predicted molar refractivity (Wildman–Crippen MR) is 107 cm³/mol. The van der Waals surface area contributed by atoms with Crippen molar-refractivity contribution in [3.05, 3.63) is 64.9 Å². The SMILES string of the molecule is CC1(C)CC(=O)c2sc(NC(=O)c3ccc(Oc4cccnc4)cc3)nc2C1. The standard InChI is InChI=1S/C21H19N3O3S/c1-21(2)10-16-18(17(25)11-21)28-20(23-16)24-19(26)13-5-7-14(8-6-13)27-15-4-3-9-22-12-15/h3-9,12H,10-11H2,1-2H3,(H,23,24,26). The summed E-state index contributed by atoms with van der Waals surface area (Å²) >= 11 is 1.25. The monoisotopic (exact) mass is 393 g/mol. The Balaban J connectivity index is 1.45. The molecule has 0 saturated heterocycles. The van der Waals surface area contributed by atoms with Crippen molar-refractivity contribution in [3.63, 3.8) is 0 Å². The lowest BCUT2D eigenvalue weighted by Gasteiger charge is -2.26. The van der Waals surface area contributed by atoms with Crippen LogP contribution < -0.4 is 10.1 Å². The van der Waals surface area contributed by atoms with Gasteiger partial charge in [0.15, 0.2) is 10.9 Å². The van der Waals surface area contributed by atoms with Crippen molar-refractivity contribution in [2.75, 3.05) is 5.32 Å². The van der Waals surface area contributed by atoms with Gasteiger partial charge in [-0.3, -0.25) is 19.9 Å². The number of rotatable bonds is 4. The first-order chi connectivity index (χ1) is 13.4. The molecular formula is C21H19N3O3S. The molecule has 28 heavy (non-hydrogen) atoms. The van der Waals surface area contributed by atoms with Crippen molar-refractivity contribution in [3.8, 4) is 11.5 Å². The van der Waals surface area contributed by atoms with Gasteiger partial charge in [0.05, 0.1) is 16.8 Å². The van der Waals surface area contributed by atoms with Crippen LogP contribution in [-0.4, -0.2) is 21.7 Å². The fourth-order valence-electron chi connectivity index (χ4n) is 3.16. The molecule has 1 N–H and O–H groups in total. The molecule has 0 aliphatic heterocycles. The number of hydrogen-bond donors (Lipinski definition) is 1. The molecule has 4 rings (SSSR count). The Kier molecular flexibility index (Phi) is 4.68. The normalized spacial score (nSPS) is 15.0. The van der Waals surface area contributed by atoms with Crippen molar-refractivity contribution in [1.29, 1.82) is 0 Å². The average molecular weight is 393 g/mol. The minimum Gasteiger partial charge on any atom is -0.456 e. The number of thiazole rings is 1. The number of nitrogens with zero attached hydrogens (tertiary/aromatic N) is 2. The van der Waals surface area contributed by atoms with Crippen LogP contribution in [0, 0.1) is 5.41 Å². The van der Waals surface area contributed by atoms with Gasteiger partial charge in [-0.05, 0) is 48.2 Å². The quantitative estimate of drug-likeness (QED) is 0.692. The summed E-state index contributed by atoms with van der Waals surface area (Å²) in [5.41, 5.74) is 1.17. The number of aromatic nitrogens is 2. The summed E-state index contributed by atoms with van der Waals surface area (Å²) in [6.07, 6.45) is 4.54. The third-order valence-corrected chi connectivity index (χ3v) is 5.50. The minimum atomic E-state index is -0.272. The topological polar surface area (TPSA) is 81.2 Å². The molecule has 0 atom stereocenters. The molecule has 2 aromatic heterocycles. The Hall–Kier alpha value is -3.06. The van der Waals surface area contributed by atoms with E-state index < -0.39 is 0 Å². The van der Waals surface area contributed by atoms with Crippen molar-refractivity contribution in [1.82, 2.24) is 9.97 Å². The van der Waals surface area contributed by atoms with Crippen LogP contribution in [0.25, 0.3) is 0 Å². The molecule has 6 nitrogen and oxygen atoms in total. The molecule has 1 aliphatic rings. The molecule has 0 spiro atoms. The molecule has 1 aromatic carbocycles. The van der Waals surface area contributed by atoms with Gasteiger partial charge < -0.3 is 4.74 Å². The lowest BCUT2D eigenvalue weighted by Crippen LogP contribution is -2.26. The van der Waals surface area contributed by atoms with Gasteiger partial charge in [-0.1, -0.05) is 25.2 Å². The van der Waals surface area contributed by atoms with E-state index in [-0.39, 0.29) is 17.1 Å². The smallest absolute Gasteiger partial charge is 0.257 e. The van der Waals surface area contributed by atoms with E-state index in [1.165, 1.54) is 11.3 Å². The number of fused-ring (bicyclic) bond motifs is 1. The number of nitrogens with one attached hydrogen (secondary N) is 1. The van der Waals surface area contributed by atoms with E-state index in [4.69, 9.17) is 4.74 Å². The highest BCUT2D eigenvalue weighted by Crippen LogP contribution is 2.38. The molecule has 7 heteroatoms. The van der Waals surface area contributed by atoms with E-state index in [0.29, 0.717) is 33.5 Å². The van der Waals surface area contributed by atoms with Crippen LogP contribution in [0.4, 0.5) is 5.13 Å². The molecule has 3 aromatic rings. The average Bonchev–Trinajstić information content (AvgIpc) is 3.04. The lowest BCUT2D eigenvalue weighted by atomic mass is 9.78. The second-order valence-corrected chi connectivity index (χ2v) is 8.50. The number of Topliss-reactive ketones (excluding diaryl/α,β-unsaturated/α-hetero) is 1. The highest BCUT2D eigenvalue weighted by Gasteiger charge is 2.34. The van der Waals surface area contributed by atoms with Crippen LogP contribution >= 0.6 is 11.3 Å². The first-order valence-corrected chi connectivity index (χ1v) is 9.73. The molecule has 0 fully saturated rings. The van der Waals surface area contributed by atoms with Gasteiger partial charge in [-0.25, -0.2) is 4.98 Å². The first kappa shape index (κ1) is 18.3. The van der Waals surface area contributed by atoms with E-state index in [1.54, 1.807) is 48.8 Å². The fraction of sp³-hybridized carbons (Fsp3) is 0.238. The van der Waals surface area contributed by atoms with E-state index >= 15 is 0 Å². The summed E-state index contributed by atoms with van der Waals surface area (Å²) in [6, 6.07) is 10.4. The maximum Gasteiger partial charge on any atom is 0.257 e. The number of amides is 1. The number of hydrogen-bond acceptors (Lipinski definition) is 6. The summed E-state index contributed by atoms with van der Waals surface area (Å²) in [6.45, 7) is 4.11. The highest BCUT2D eigenvalue weighted by molar-refractivity contribution is 7.17. The van der Waals surface area contributed by atoms with Crippen molar-refractivity contribution >= 4 is 28.2 Å². The van der Waals surface area contributed by atoms with Gasteiger partial charge in [0.1, 0.15) is 11.5 Å². The Bertz CT molecular complexity index is 1030. The summed E-state index contributed by atoms with van der Waals surface area (Å²) < 4.78 is 5.68. The third-order valence-electron chi connectivity index (χ3n) is 4.44. The van der Waals surface area contributed by atoms with E-state index in [2.05, 4.69) is 29.1 Å². The number of anilines is 1. The zero-order valence-electron chi connectivity index (χ0n) is 15.6. The third kappa shape index (κ3) is 3.94. The summed E-state index contributed by atoms with van der Waals surface area (Å²) in [4.78, 5) is 34.0. The Morgan fingerprint density at radius 1 is 1.14 bits per heavy atom. The van der Waals surface area contributed by atoms with Crippen LogP contribution in [0.15, 0.2) is 48.8 Å². The van der Waals surface area contributed by atoms with Gasteiger partial charge in [0, 0.05) is 18.2 Å². The van der Waals surface area contributed by atoms with Gasteiger partial charge in [-0.15, -0.1) is 0 Å². The van der Waals surface area contributed by atoms with Gasteiger partial charge in [-0.2, -0.15) is 0 Å². The first-order valence-electron chi connectivity index (χ1n) is 8.92. The molecule has 0 saturated carbocycles. The summed E-state index contributed by atoms with van der Waals surface area (Å²) in [5.74, 6) is 1.06. The minimum absolute atomic E-state index is 0.0937. The van der Waals surface area contributed by atoms with Gasteiger partial charge in [0.25, 0.3) is 5.91 Å². The Morgan fingerprint density at radius 2 is 1.93 bits per heavy atom. The molecule has 1 aliphatic carbocycles. The zero-order valence-corrected chi connectivity index (χ0v) is 16.4. The predicted octanol–water partition coefficient (Wildman–Crippen LogP) is 4.74. The van der Waals surface area contributed by atoms with Gasteiger partial charge in [0.2, 0.25) is 0 Å². The maximum absolute atomic E-state index is 12.5. The summed E-state index contributed by atoms with van der Waals surface area (Å²) in [7, 11) is 0. The molecule has 1 amide bonds. The number of pyridine rings is 1. The van der Waals surface area contributed by atoms with Crippen molar-refractivity contribution < 1.29 is 14.3 Å². The van der Waals surface area contributed by atoms with Crippen LogP contribution in [0.2, 0.25) is 0 Å². The molecule has 142 valence electrons. The molecule has 0 unspecified atom stereocenters. The van der Waals surface area contributed by atoms with Crippen LogP contribution in [0.5, 0.6) is 11.5 Å². The summed E-state index contributed by atoms with van der Waals surface area (Å²) in [5, 5.41) is 3.25. The largest absolute Gasteiger partial charge is 0.456 e. The number of carbonyl (C=O) groups is 2. The maximum atomic E-state index is 12.5. The van der Waals surface area contributed by atoms with E-state index in [0.717, 1.165) is 12.1 Å². The zero-order chi connectivity index (χ0) is 19.7. The van der Waals surface area contributed by atoms with Crippen LogP contribution in [-0.2, 0) is 6.42 Å². The number of benzene rings is 1. The van der Waals surface area contributed by atoms with Crippen LogP contribution in [0.1, 0.15) is 46.0 Å². The number of ether oxygens (including phenoxy) is 1. The number of ketones is 1. The lowest BCUT2D eigenvalue weighted by molar-refractivity contribution is 0.0915. The number of carbonyl (C=O) groups excluding carboxylic acids is 2. The molecule has 2 heterocycles. The van der Waals surface area contributed by atoms with E-state index in [1.807, 2.05) is 0 Å². The van der Waals surface area contributed by atoms with Crippen LogP contribution in [0.3, 0.4) is 0 Å². The van der Waals surface area contributed by atoms with Crippen molar-refractivity contribution in [2.24, 2.45) is 5.41 Å². The van der Waals surface area contributed by atoms with E-state index in [9.17, 15) is 9.59 Å². The Morgan fingerprint density at radius 3 is 2.64 bits per heavy atom. The van der Waals surface area contributed by atoms with Crippen molar-refractivity contribution in [2.45, 2.75) is 26.7 Å². The van der Waals surface area contributed by atoms with Gasteiger partial charge >= 0.3 is 0 Å². The Labute approximate surface area is 166 Å². The molecule has 0 radical (unpaired) electrons. The molecular weight excluding hydrogens is 374 g/mol. The second-order valence-electron chi connectivity index (χ2n) is 7.51. The highest BCUT2D eigenvalue weighted by atomic mass is 32.1. The molecule has 0 bridgehead atoms. The fourth-order valence-corrected chi connectivity index (χ4v) is 4.08. The second kappa shape index (κ2) is 7.16.